The molecule has 0 unspecified atom stereocenters. The molecule has 0 heterocycles. The standard InChI is InChI=1S/C20H24N2O2/c1-16(2)18-12-6-7-13-19(18)24-15-20(23)22-21-14-8-11-17-9-4-3-5-10-17/h3-7,9-10,12-14,16H,8,11,15H2,1-2H3,(H,22,23). The first-order chi connectivity index (χ1) is 11.7. The number of nitrogens with zero attached hydrogens (tertiary/aromatic N) is 1. The van der Waals surface area contributed by atoms with E-state index >= 15 is 0 Å². The van der Waals surface area contributed by atoms with Gasteiger partial charge >= 0.3 is 0 Å². The van der Waals surface area contributed by atoms with Gasteiger partial charge in [0, 0.05) is 6.21 Å². The average Bonchev–Trinajstić information content (AvgIpc) is 2.60. The van der Waals surface area contributed by atoms with Crippen LogP contribution >= 0.6 is 0 Å². The molecule has 24 heavy (non-hydrogen) atoms. The van der Waals surface area contributed by atoms with Crippen LogP contribution in [0.5, 0.6) is 5.75 Å². The molecule has 0 aliphatic heterocycles. The summed E-state index contributed by atoms with van der Waals surface area (Å²) in [6.07, 6.45) is 3.40. The maximum absolute atomic E-state index is 11.8. The zero-order valence-electron chi connectivity index (χ0n) is 14.2. The Morgan fingerprint density at radius 2 is 1.83 bits per heavy atom. The van der Waals surface area contributed by atoms with Crippen LogP contribution in [-0.4, -0.2) is 18.7 Å². The van der Waals surface area contributed by atoms with Gasteiger partial charge in [0.1, 0.15) is 5.75 Å². The van der Waals surface area contributed by atoms with Crippen LogP contribution in [0.3, 0.4) is 0 Å². The highest BCUT2D eigenvalue weighted by molar-refractivity contribution is 5.78. The van der Waals surface area contributed by atoms with Gasteiger partial charge in [0.05, 0.1) is 0 Å². The van der Waals surface area contributed by atoms with Crippen molar-refractivity contribution in [1.29, 1.82) is 0 Å². The van der Waals surface area contributed by atoms with Crippen LogP contribution in [-0.2, 0) is 11.2 Å². The Morgan fingerprint density at radius 3 is 2.58 bits per heavy atom. The molecule has 1 amide bonds. The molecule has 0 aliphatic carbocycles. The lowest BCUT2D eigenvalue weighted by molar-refractivity contribution is -0.123. The maximum atomic E-state index is 11.8. The summed E-state index contributed by atoms with van der Waals surface area (Å²) >= 11 is 0. The van der Waals surface area contributed by atoms with Gasteiger partial charge in [-0.25, -0.2) is 5.43 Å². The lowest BCUT2D eigenvalue weighted by Crippen LogP contribution is -2.24. The fraction of sp³-hybridized carbons (Fsp3) is 0.300. The normalized spacial score (nSPS) is 11.0. The average molecular weight is 324 g/mol. The number of aryl methyl sites for hydroxylation is 1. The number of benzene rings is 2. The molecule has 126 valence electrons. The molecule has 0 fully saturated rings. The van der Waals surface area contributed by atoms with E-state index in [1.54, 1.807) is 6.21 Å². The number of rotatable bonds is 8. The molecule has 0 saturated carbocycles. The minimum Gasteiger partial charge on any atom is -0.483 e. The number of carbonyl (C=O) groups is 1. The van der Waals surface area contributed by atoms with Crippen LogP contribution in [0.25, 0.3) is 0 Å². The second-order valence-electron chi connectivity index (χ2n) is 5.85. The second-order valence-corrected chi connectivity index (χ2v) is 5.85. The summed E-state index contributed by atoms with van der Waals surface area (Å²) in [7, 11) is 0. The molecular weight excluding hydrogens is 300 g/mol. The first-order valence-electron chi connectivity index (χ1n) is 8.23. The molecule has 4 nitrogen and oxygen atoms in total. The van der Waals surface area contributed by atoms with E-state index in [0.717, 1.165) is 24.2 Å². The van der Waals surface area contributed by atoms with Crippen LogP contribution in [0.15, 0.2) is 59.7 Å². The quantitative estimate of drug-likeness (QED) is 0.591. The number of carbonyl (C=O) groups excluding carboxylic acids is 1. The van der Waals surface area contributed by atoms with Crippen molar-refractivity contribution < 1.29 is 9.53 Å². The van der Waals surface area contributed by atoms with Crippen LogP contribution in [0, 0.1) is 0 Å². The maximum Gasteiger partial charge on any atom is 0.277 e. The third kappa shape index (κ3) is 5.88. The van der Waals surface area contributed by atoms with Crippen molar-refractivity contribution in [3.05, 3.63) is 65.7 Å². The summed E-state index contributed by atoms with van der Waals surface area (Å²) in [6.45, 7) is 4.15. The summed E-state index contributed by atoms with van der Waals surface area (Å²) < 4.78 is 5.60. The van der Waals surface area contributed by atoms with Gasteiger partial charge in [-0.2, -0.15) is 5.10 Å². The van der Waals surface area contributed by atoms with E-state index in [0.29, 0.717) is 5.92 Å². The highest BCUT2D eigenvalue weighted by Crippen LogP contribution is 2.25. The van der Waals surface area contributed by atoms with Crippen molar-refractivity contribution >= 4 is 12.1 Å². The van der Waals surface area contributed by atoms with E-state index in [9.17, 15) is 4.79 Å². The topological polar surface area (TPSA) is 50.7 Å². The molecule has 0 atom stereocenters. The molecule has 0 saturated heterocycles. The minimum atomic E-state index is -0.260. The van der Waals surface area contributed by atoms with Crippen molar-refractivity contribution in [3.8, 4) is 5.75 Å². The summed E-state index contributed by atoms with van der Waals surface area (Å²) in [5, 5.41) is 3.95. The van der Waals surface area contributed by atoms with Crippen molar-refractivity contribution in [3.63, 3.8) is 0 Å². The van der Waals surface area contributed by atoms with E-state index in [1.165, 1.54) is 5.56 Å². The van der Waals surface area contributed by atoms with Crippen molar-refractivity contribution in [1.82, 2.24) is 5.43 Å². The summed E-state index contributed by atoms with van der Waals surface area (Å²) in [6, 6.07) is 17.9. The molecule has 0 radical (unpaired) electrons. The summed E-state index contributed by atoms with van der Waals surface area (Å²) in [4.78, 5) is 11.8. The number of hydrogen-bond acceptors (Lipinski definition) is 3. The van der Waals surface area contributed by atoms with Crippen LogP contribution < -0.4 is 10.2 Å². The lowest BCUT2D eigenvalue weighted by atomic mass is 10.0. The number of hydrogen-bond donors (Lipinski definition) is 1. The van der Waals surface area contributed by atoms with Gasteiger partial charge < -0.3 is 4.74 Å². The Morgan fingerprint density at radius 1 is 1.12 bits per heavy atom. The Labute approximate surface area is 143 Å². The Kier molecular flexibility index (Phi) is 7.02. The molecule has 0 spiro atoms. The molecule has 2 rings (SSSR count). The van der Waals surface area contributed by atoms with E-state index in [1.807, 2.05) is 42.5 Å². The fourth-order valence-electron chi connectivity index (χ4n) is 2.32. The summed E-state index contributed by atoms with van der Waals surface area (Å²) in [5.74, 6) is 0.834. The SMILES string of the molecule is CC(C)c1ccccc1OCC(=O)NN=CCCc1ccccc1. The largest absolute Gasteiger partial charge is 0.483 e. The Hall–Kier alpha value is -2.62. The smallest absolute Gasteiger partial charge is 0.277 e. The van der Waals surface area contributed by atoms with Crippen molar-refractivity contribution in [2.45, 2.75) is 32.6 Å². The van der Waals surface area contributed by atoms with Gasteiger partial charge in [0.2, 0.25) is 0 Å². The molecule has 0 bridgehead atoms. The van der Waals surface area contributed by atoms with Gasteiger partial charge in [0.15, 0.2) is 6.61 Å². The first kappa shape index (κ1) is 17.7. The minimum absolute atomic E-state index is 0.0419. The van der Waals surface area contributed by atoms with Gasteiger partial charge in [-0.15, -0.1) is 0 Å². The number of ether oxygens (including phenoxy) is 1. The van der Waals surface area contributed by atoms with E-state index in [4.69, 9.17) is 4.74 Å². The number of hydrazone groups is 1. The molecule has 2 aromatic carbocycles. The van der Waals surface area contributed by atoms with Crippen LogP contribution in [0.2, 0.25) is 0 Å². The van der Waals surface area contributed by atoms with Gasteiger partial charge in [-0.05, 0) is 36.0 Å². The zero-order chi connectivity index (χ0) is 17.2. The first-order valence-corrected chi connectivity index (χ1v) is 8.23. The Bertz CT molecular complexity index is 666. The second kappa shape index (κ2) is 9.50. The third-order valence-corrected chi connectivity index (χ3v) is 3.59. The van der Waals surface area contributed by atoms with E-state index in [2.05, 4.69) is 36.5 Å². The highest BCUT2D eigenvalue weighted by atomic mass is 16.5. The van der Waals surface area contributed by atoms with E-state index < -0.39 is 0 Å². The van der Waals surface area contributed by atoms with Crippen molar-refractivity contribution in [2.24, 2.45) is 5.10 Å². The number of nitrogens with one attached hydrogen (secondary N) is 1. The lowest BCUT2D eigenvalue weighted by Gasteiger charge is -2.12. The third-order valence-electron chi connectivity index (χ3n) is 3.59. The molecule has 0 aromatic heterocycles. The summed E-state index contributed by atoms with van der Waals surface area (Å²) in [5.41, 5.74) is 4.84. The predicted octanol–water partition coefficient (Wildman–Crippen LogP) is 3.92. The predicted molar refractivity (Wildman–Crippen MR) is 97.4 cm³/mol. The van der Waals surface area contributed by atoms with Crippen molar-refractivity contribution in [2.75, 3.05) is 6.61 Å². The monoisotopic (exact) mass is 324 g/mol. The van der Waals surface area contributed by atoms with Crippen LogP contribution in [0.1, 0.15) is 37.3 Å². The molecule has 0 aliphatic rings. The highest BCUT2D eigenvalue weighted by Gasteiger charge is 2.08. The number of amides is 1. The van der Waals surface area contributed by atoms with Gasteiger partial charge in [0.25, 0.3) is 5.91 Å². The Balaban J connectivity index is 1.71. The fourth-order valence-corrected chi connectivity index (χ4v) is 2.32. The van der Waals surface area contributed by atoms with Gasteiger partial charge in [-0.1, -0.05) is 62.4 Å². The van der Waals surface area contributed by atoms with Gasteiger partial charge in [-0.3, -0.25) is 4.79 Å². The zero-order valence-corrected chi connectivity index (χ0v) is 14.2. The molecule has 4 heteroatoms. The molecule has 2 aromatic rings. The van der Waals surface area contributed by atoms with Crippen LogP contribution in [0.4, 0.5) is 0 Å². The van der Waals surface area contributed by atoms with E-state index in [-0.39, 0.29) is 12.5 Å². The molecule has 1 N–H and O–H groups in total. The number of para-hydroxylation sites is 1. The molecular formula is C20H24N2O2.